The molecular formula is C12H17N2O3S+. The molecule has 1 aromatic carbocycles. The molecule has 2 rings (SSSR count). The van der Waals surface area contributed by atoms with Gasteiger partial charge >= 0.3 is 0 Å². The molecule has 0 aliphatic rings. The van der Waals surface area contributed by atoms with Crippen molar-refractivity contribution in [3.05, 3.63) is 30.6 Å². The summed E-state index contributed by atoms with van der Waals surface area (Å²) < 4.78 is 34.2. The average Bonchev–Trinajstić information content (AvgIpc) is 2.66. The zero-order valence-electron chi connectivity index (χ0n) is 10.3. The lowest BCUT2D eigenvalue weighted by Crippen LogP contribution is -2.33. The van der Waals surface area contributed by atoms with Gasteiger partial charge in [-0.1, -0.05) is 12.1 Å². The second kappa shape index (κ2) is 5.07. The van der Waals surface area contributed by atoms with Crippen LogP contribution in [0.2, 0.25) is 0 Å². The first-order valence-corrected chi connectivity index (χ1v) is 7.54. The number of rotatable bonds is 5. The van der Waals surface area contributed by atoms with E-state index in [1.807, 2.05) is 35.2 Å². The van der Waals surface area contributed by atoms with Crippen LogP contribution in [-0.4, -0.2) is 23.3 Å². The molecule has 18 heavy (non-hydrogen) atoms. The maximum absolute atomic E-state index is 10.7. The molecule has 0 aliphatic heterocycles. The molecule has 1 aromatic heterocycles. The monoisotopic (exact) mass is 269 g/mol. The number of aryl methyl sites for hydroxylation is 2. The highest BCUT2D eigenvalue weighted by Crippen LogP contribution is 2.10. The lowest BCUT2D eigenvalue weighted by atomic mass is 10.3. The SMILES string of the molecule is CCn1c[n+](CCCS(=O)(=O)O)c2ccccc21. The quantitative estimate of drug-likeness (QED) is 0.656. The van der Waals surface area contributed by atoms with Crippen molar-refractivity contribution >= 4 is 21.2 Å². The van der Waals surface area contributed by atoms with Gasteiger partial charge in [-0.2, -0.15) is 8.42 Å². The van der Waals surface area contributed by atoms with Crippen molar-refractivity contribution in [2.75, 3.05) is 5.75 Å². The fourth-order valence-corrected chi connectivity index (χ4v) is 2.58. The fourth-order valence-electron chi connectivity index (χ4n) is 2.09. The number of fused-ring (bicyclic) bond motifs is 1. The highest BCUT2D eigenvalue weighted by Gasteiger charge is 2.14. The summed E-state index contributed by atoms with van der Waals surface area (Å²) in [5.41, 5.74) is 2.21. The van der Waals surface area contributed by atoms with E-state index in [9.17, 15) is 8.42 Å². The Labute approximate surface area is 106 Å². The summed E-state index contributed by atoms with van der Waals surface area (Å²) in [5.74, 6) is -0.203. The highest BCUT2D eigenvalue weighted by atomic mass is 32.2. The third kappa shape index (κ3) is 2.88. The molecule has 1 N–H and O–H groups in total. The van der Waals surface area contributed by atoms with E-state index in [-0.39, 0.29) is 5.75 Å². The summed E-state index contributed by atoms with van der Waals surface area (Å²) in [6.45, 7) is 3.51. The molecule has 0 fully saturated rings. The minimum Gasteiger partial charge on any atom is -0.286 e. The van der Waals surface area contributed by atoms with E-state index >= 15 is 0 Å². The third-order valence-electron chi connectivity index (χ3n) is 2.92. The van der Waals surface area contributed by atoms with Crippen molar-refractivity contribution in [1.29, 1.82) is 0 Å². The number of nitrogens with zero attached hydrogens (tertiary/aromatic N) is 2. The second-order valence-electron chi connectivity index (χ2n) is 4.22. The average molecular weight is 269 g/mol. The van der Waals surface area contributed by atoms with E-state index in [2.05, 4.69) is 11.5 Å². The van der Waals surface area contributed by atoms with Crippen LogP contribution < -0.4 is 4.57 Å². The molecule has 98 valence electrons. The number of imidazole rings is 1. The molecule has 0 aliphatic carbocycles. The van der Waals surface area contributed by atoms with Crippen LogP contribution in [0.5, 0.6) is 0 Å². The van der Waals surface area contributed by atoms with Gasteiger partial charge in [-0.25, -0.2) is 9.13 Å². The Hall–Kier alpha value is -1.40. The van der Waals surface area contributed by atoms with Gasteiger partial charge < -0.3 is 0 Å². The first-order chi connectivity index (χ1) is 8.51. The Morgan fingerprint density at radius 2 is 2.06 bits per heavy atom. The molecule has 0 amide bonds. The Morgan fingerprint density at radius 3 is 2.72 bits per heavy atom. The molecule has 0 saturated heterocycles. The molecule has 2 aromatic rings. The lowest BCUT2D eigenvalue weighted by Gasteiger charge is -1.96. The first kappa shape index (κ1) is 13.0. The highest BCUT2D eigenvalue weighted by molar-refractivity contribution is 7.85. The third-order valence-corrected chi connectivity index (χ3v) is 3.73. The summed E-state index contributed by atoms with van der Waals surface area (Å²) in [4.78, 5) is 0. The van der Waals surface area contributed by atoms with Crippen molar-refractivity contribution in [2.45, 2.75) is 26.4 Å². The Bertz CT molecular complexity index is 646. The van der Waals surface area contributed by atoms with Crippen LogP contribution >= 0.6 is 0 Å². The predicted molar refractivity (Wildman–Crippen MR) is 68.8 cm³/mol. The molecule has 0 bridgehead atoms. The summed E-state index contributed by atoms with van der Waals surface area (Å²) in [6, 6.07) is 7.99. The van der Waals surface area contributed by atoms with E-state index < -0.39 is 10.1 Å². The van der Waals surface area contributed by atoms with Gasteiger partial charge in [0.25, 0.3) is 10.1 Å². The van der Waals surface area contributed by atoms with Gasteiger partial charge in [0, 0.05) is 6.42 Å². The number of hydrogen-bond acceptors (Lipinski definition) is 2. The van der Waals surface area contributed by atoms with E-state index in [0.717, 1.165) is 17.6 Å². The van der Waals surface area contributed by atoms with Crippen LogP contribution in [0.4, 0.5) is 0 Å². The van der Waals surface area contributed by atoms with Gasteiger partial charge in [-0.3, -0.25) is 4.55 Å². The van der Waals surface area contributed by atoms with Gasteiger partial charge in [0.05, 0.1) is 18.8 Å². The Kier molecular flexibility index (Phi) is 3.68. The van der Waals surface area contributed by atoms with E-state index in [4.69, 9.17) is 4.55 Å². The zero-order valence-corrected chi connectivity index (χ0v) is 11.1. The van der Waals surface area contributed by atoms with Gasteiger partial charge in [0.2, 0.25) is 6.33 Å². The summed E-state index contributed by atoms with van der Waals surface area (Å²) in [7, 11) is -3.87. The molecule has 0 radical (unpaired) electrons. The van der Waals surface area contributed by atoms with Crippen LogP contribution in [0.25, 0.3) is 11.0 Å². The standard InChI is InChI=1S/C12H16N2O3S/c1-2-13-10-14(8-5-9-18(15,16)17)12-7-4-3-6-11(12)13/h3-4,6-7,10H,2,5,8-9H2,1H3/p+1. The zero-order chi connectivity index (χ0) is 13.2. The molecule has 5 nitrogen and oxygen atoms in total. The summed E-state index contributed by atoms with van der Waals surface area (Å²) >= 11 is 0. The maximum Gasteiger partial charge on any atom is 0.265 e. The summed E-state index contributed by atoms with van der Waals surface area (Å²) in [5, 5.41) is 0. The van der Waals surface area contributed by atoms with Crippen molar-refractivity contribution in [2.24, 2.45) is 0 Å². The minimum absolute atomic E-state index is 0.203. The van der Waals surface area contributed by atoms with Crippen LogP contribution in [0.1, 0.15) is 13.3 Å². The largest absolute Gasteiger partial charge is 0.286 e. The number of para-hydroxylation sites is 2. The second-order valence-corrected chi connectivity index (χ2v) is 5.80. The number of aromatic nitrogens is 2. The molecule has 6 heteroatoms. The van der Waals surface area contributed by atoms with Crippen molar-refractivity contribution in [3.8, 4) is 0 Å². The lowest BCUT2D eigenvalue weighted by molar-refractivity contribution is -0.672. The van der Waals surface area contributed by atoms with Gasteiger partial charge in [-0.05, 0) is 19.1 Å². The Balaban J connectivity index is 2.23. The molecule has 1 heterocycles. The van der Waals surface area contributed by atoms with E-state index in [1.165, 1.54) is 0 Å². The van der Waals surface area contributed by atoms with E-state index in [1.54, 1.807) is 0 Å². The van der Waals surface area contributed by atoms with Gasteiger partial charge in [0.1, 0.15) is 0 Å². The fraction of sp³-hybridized carbons (Fsp3) is 0.417. The van der Waals surface area contributed by atoms with Crippen LogP contribution in [0, 0.1) is 0 Å². The smallest absolute Gasteiger partial charge is 0.265 e. The van der Waals surface area contributed by atoms with Crippen molar-refractivity contribution < 1.29 is 17.5 Å². The van der Waals surface area contributed by atoms with Crippen LogP contribution in [0.3, 0.4) is 0 Å². The van der Waals surface area contributed by atoms with Gasteiger partial charge in [-0.15, -0.1) is 0 Å². The summed E-state index contributed by atoms with van der Waals surface area (Å²) in [6.07, 6.45) is 2.38. The van der Waals surface area contributed by atoms with Gasteiger partial charge in [0.15, 0.2) is 11.0 Å². The van der Waals surface area contributed by atoms with Crippen LogP contribution in [0.15, 0.2) is 30.6 Å². The topological polar surface area (TPSA) is 63.2 Å². The number of benzene rings is 1. The van der Waals surface area contributed by atoms with Crippen molar-refractivity contribution in [1.82, 2.24) is 4.57 Å². The van der Waals surface area contributed by atoms with Crippen LogP contribution in [-0.2, 0) is 23.2 Å². The molecule has 0 atom stereocenters. The number of hydrogen-bond donors (Lipinski definition) is 1. The molecule has 0 saturated carbocycles. The minimum atomic E-state index is -3.87. The molecule has 0 spiro atoms. The molecule has 0 unspecified atom stereocenters. The normalized spacial score (nSPS) is 12.1. The van der Waals surface area contributed by atoms with E-state index in [0.29, 0.717) is 13.0 Å². The maximum atomic E-state index is 10.7. The predicted octanol–water partition coefficient (Wildman–Crippen LogP) is 1.23. The Morgan fingerprint density at radius 1 is 1.33 bits per heavy atom. The molecular weight excluding hydrogens is 252 g/mol. The first-order valence-electron chi connectivity index (χ1n) is 5.94. The van der Waals surface area contributed by atoms with Crippen molar-refractivity contribution in [3.63, 3.8) is 0 Å².